The van der Waals surface area contributed by atoms with E-state index >= 15 is 0 Å². The second kappa shape index (κ2) is 4.77. The molecular formula is C11H17NO2S. The van der Waals surface area contributed by atoms with Crippen molar-refractivity contribution in [1.82, 2.24) is 5.32 Å². The van der Waals surface area contributed by atoms with Crippen molar-refractivity contribution in [2.75, 3.05) is 13.2 Å². The highest BCUT2D eigenvalue weighted by Gasteiger charge is 2.18. The van der Waals surface area contributed by atoms with Gasteiger partial charge >= 0.3 is 0 Å². The van der Waals surface area contributed by atoms with Crippen molar-refractivity contribution in [3.63, 3.8) is 0 Å². The summed E-state index contributed by atoms with van der Waals surface area (Å²) in [5.41, 5.74) is -0.262. The molecule has 84 valence electrons. The summed E-state index contributed by atoms with van der Waals surface area (Å²) in [6.07, 6.45) is 0. The average molecular weight is 227 g/mol. The van der Waals surface area contributed by atoms with Gasteiger partial charge in [-0.2, -0.15) is 0 Å². The fraction of sp³-hybridized carbons (Fsp3) is 0.545. The van der Waals surface area contributed by atoms with Gasteiger partial charge in [0.15, 0.2) is 0 Å². The van der Waals surface area contributed by atoms with Gasteiger partial charge in [-0.3, -0.25) is 4.79 Å². The summed E-state index contributed by atoms with van der Waals surface area (Å²) in [7, 11) is 0. The molecule has 0 bridgehead atoms. The third-order valence-corrected chi connectivity index (χ3v) is 3.12. The van der Waals surface area contributed by atoms with Crippen LogP contribution >= 0.6 is 11.3 Å². The minimum Gasteiger partial charge on any atom is -0.396 e. The number of nitrogens with one attached hydrogen (secondary N) is 1. The molecule has 0 aliphatic carbocycles. The molecule has 4 heteroatoms. The molecule has 0 aliphatic rings. The molecule has 0 fully saturated rings. The third kappa shape index (κ3) is 3.64. The van der Waals surface area contributed by atoms with Crippen LogP contribution in [0.5, 0.6) is 0 Å². The smallest absolute Gasteiger partial charge is 0.261 e. The standard InChI is InChI=1S/C11H17NO2S/c1-8-4-5-9(15-8)10(14)12-6-11(2,3)7-13/h4-5,13H,6-7H2,1-3H3,(H,12,14). The van der Waals surface area contributed by atoms with E-state index in [4.69, 9.17) is 5.11 Å². The van der Waals surface area contributed by atoms with Crippen LogP contribution in [0, 0.1) is 12.3 Å². The lowest BCUT2D eigenvalue weighted by Crippen LogP contribution is -2.35. The topological polar surface area (TPSA) is 49.3 Å². The van der Waals surface area contributed by atoms with E-state index in [1.807, 2.05) is 32.9 Å². The van der Waals surface area contributed by atoms with Gasteiger partial charge in [-0.15, -0.1) is 11.3 Å². The van der Waals surface area contributed by atoms with Crippen molar-refractivity contribution in [2.24, 2.45) is 5.41 Å². The Morgan fingerprint density at radius 3 is 2.67 bits per heavy atom. The number of hydrogen-bond donors (Lipinski definition) is 2. The first-order valence-corrected chi connectivity index (χ1v) is 5.72. The lowest BCUT2D eigenvalue weighted by Gasteiger charge is -2.21. The largest absolute Gasteiger partial charge is 0.396 e. The minimum absolute atomic E-state index is 0.0605. The number of hydrogen-bond acceptors (Lipinski definition) is 3. The zero-order valence-corrected chi connectivity index (χ0v) is 10.1. The van der Waals surface area contributed by atoms with Crippen molar-refractivity contribution in [3.05, 3.63) is 21.9 Å². The molecular weight excluding hydrogens is 210 g/mol. The number of carbonyl (C=O) groups excluding carboxylic acids is 1. The second-order valence-corrected chi connectivity index (χ2v) is 5.70. The van der Waals surface area contributed by atoms with E-state index in [9.17, 15) is 4.79 Å². The number of aliphatic hydroxyl groups excluding tert-OH is 1. The van der Waals surface area contributed by atoms with Crippen LogP contribution in [0.4, 0.5) is 0 Å². The van der Waals surface area contributed by atoms with Crippen LogP contribution in [-0.2, 0) is 0 Å². The molecule has 1 rings (SSSR count). The van der Waals surface area contributed by atoms with Gasteiger partial charge in [-0.05, 0) is 19.1 Å². The highest BCUT2D eigenvalue weighted by atomic mass is 32.1. The highest BCUT2D eigenvalue weighted by Crippen LogP contribution is 2.16. The van der Waals surface area contributed by atoms with Gasteiger partial charge in [0.1, 0.15) is 0 Å². The monoisotopic (exact) mass is 227 g/mol. The molecule has 0 saturated heterocycles. The Balaban J connectivity index is 2.50. The highest BCUT2D eigenvalue weighted by molar-refractivity contribution is 7.13. The third-order valence-electron chi connectivity index (χ3n) is 2.12. The Morgan fingerprint density at radius 2 is 2.20 bits per heavy atom. The van der Waals surface area contributed by atoms with Crippen LogP contribution in [-0.4, -0.2) is 24.2 Å². The molecule has 3 nitrogen and oxygen atoms in total. The number of aliphatic hydroxyl groups is 1. The molecule has 0 unspecified atom stereocenters. The van der Waals surface area contributed by atoms with E-state index in [0.717, 1.165) is 9.75 Å². The van der Waals surface area contributed by atoms with Gasteiger partial charge in [-0.1, -0.05) is 13.8 Å². The van der Waals surface area contributed by atoms with Crippen molar-refractivity contribution in [2.45, 2.75) is 20.8 Å². The molecule has 1 aromatic heterocycles. The summed E-state index contributed by atoms with van der Waals surface area (Å²) in [6, 6.07) is 3.75. The summed E-state index contributed by atoms with van der Waals surface area (Å²) < 4.78 is 0. The van der Waals surface area contributed by atoms with Crippen LogP contribution in [0.2, 0.25) is 0 Å². The van der Waals surface area contributed by atoms with E-state index < -0.39 is 0 Å². The lowest BCUT2D eigenvalue weighted by molar-refractivity contribution is 0.0915. The van der Waals surface area contributed by atoms with Gasteiger partial charge in [0, 0.05) is 23.4 Å². The maximum atomic E-state index is 11.6. The predicted molar refractivity (Wildman–Crippen MR) is 62.3 cm³/mol. The zero-order chi connectivity index (χ0) is 11.5. The van der Waals surface area contributed by atoms with E-state index in [1.54, 1.807) is 0 Å². The lowest BCUT2D eigenvalue weighted by atomic mass is 9.95. The summed E-state index contributed by atoms with van der Waals surface area (Å²) in [6.45, 7) is 6.34. The number of aryl methyl sites for hydroxylation is 1. The predicted octanol–water partition coefficient (Wildman–Crippen LogP) is 1.80. The van der Waals surface area contributed by atoms with Crippen molar-refractivity contribution in [1.29, 1.82) is 0 Å². The number of amides is 1. The molecule has 0 atom stereocenters. The van der Waals surface area contributed by atoms with E-state index in [2.05, 4.69) is 5.32 Å². The number of thiophene rings is 1. The SMILES string of the molecule is Cc1ccc(C(=O)NCC(C)(C)CO)s1. The molecule has 1 amide bonds. The first kappa shape index (κ1) is 12.2. The molecule has 0 saturated carbocycles. The van der Waals surface area contributed by atoms with Crippen LogP contribution in [0.1, 0.15) is 28.4 Å². The number of rotatable bonds is 4. The maximum Gasteiger partial charge on any atom is 0.261 e. The molecule has 2 N–H and O–H groups in total. The Morgan fingerprint density at radius 1 is 1.53 bits per heavy atom. The quantitative estimate of drug-likeness (QED) is 0.824. The van der Waals surface area contributed by atoms with Gasteiger partial charge in [0.05, 0.1) is 4.88 Å². The minimum atomic E-state index is -0.262. The molecule has 1 aromatic rings. The molecule has 0 aromatic carbocycles. The van der Waals surface area contributed by atoms with Crippen LogP contribution in [0.25, 0.3) is 0 Å². The van der Waals surface area contributed by atoms with Crippen LogP contribution in [0.15, 0.2) is 12.1 Å². The van der Waals surface area contributed by atoms with E-state index in [-0.39, 0.29) is 17.9 Å². The van der Waals surface area contributed by atoms with Crippen molar-refractivity contribution >= 4 is 17.2 Å². The van der Waals surface area contributed by atoms with E-state index in [0.29, 0.717) is 6.54 Å². The van der Waals surface area contributed by atoms with Crippen molar-refractivity contribution < 1.29 is 9.90 Å². The summed E-state index contributed by atoms with van der Waals surface area (Å²) in [5.74, 6) is -0.0605. The summed E-state index contributed by atoms with van der Waals surface area (Å²) >= 11 is 1.48. The molecule has 1 heterocycles. The van der Waals surface area contributed by atoms with Gasteiger partial charge < -0.3 is 10.4 Å². The molecule has 15 heavy (non-hydrogen) atoms. The number of carbonyl (C=O) groups is 1. The van der Waals surface area contributed by atoms with Gasteiger partial charge in [-0.25, -0.2) is 0 Å². The normalized spacial score (nSPS) is 11.5. The summed E-state index contributed by atoms with van der Waals surface area (Å²) in [4.78, 5) is 13.5. The van der Waals surface area contributed by atoms with Crippen LogP contribution < -0.4 is 5.32 Å². The molecule has 0 spiro atoms. The Hall–Kier alpha value is -0.870. The Bertz CT molecular complexity index is 344. The van der Waals surface area contributed by atoms with E-state index in [1.165, 1.54) is 11.3 Å². The van der Waals surface area contributed by atoms with Crippen molar-refractivity contribution in [3.8, 4) is 0 Å². The fourth-order valence-electron chi connectivity index (χ4n) is 1.02. The first-order valence-electron chi connectivity index (χ1n) is 4.90. The maximum absolute atomic E-state index is 11.6. The molecule has 0 radical (unpaired) electrons. The van der Waals surface area contributed by atoms with Crippen LogP contribution in [0.3, 0.4) is 0 Å². The Kier molecular flexibility index (Phi) is 3.88. The summed E-state index contributed by atoms with van der Waals surface area (Å²) in [5, 5.41) is 11.8. The van der Waals surface area contributed by atoms with Gasteiger partial charge in [0.2, 0.25) is 0 Å². The molecule has 0 aliphatic heterocycles. The van der Waals surface area contributed by atoms with Gasteiger partial charge in [0.25, 0.3) is 5.91 Å². The first-order chi connectivity index (χ1) is 6.94. The second-order valence-electron chi connectivity index (χ2n) is 4.42. The fourth-order valence-corrected chi connectivity index (χ4v) is 1.80. The Labute approximate surface area is 94.1 Å². The zero-order valence-electron chi connectivity index (χ0n) is 9.33. The average Bonchev–Trinajstić information content (AvgIpc) is 2.61.